The van der Waals surface area contributed by atoms with Gasteiger partial charge in [0.1, 0.15) is 11.9 Å². The van der Waals surface area contributed by atoms with Gasteiger partial charge in [-0.25, -0.2) is 4.39 Å². The first kappa shape index (κ1) is 18.1. The van der Waals surface area contributed by atoms with E-state index in [4.69, 9.17) is 5.26 Å². The fourth-order valence-corrected chi connectivity index (χ4v) is 3.35. The molecule has 0 bridgehead atoms. The molecule has 0 unspecified atom stereocenters. The second-order valence-electron chi connectivity index (χ2n) is 6.87. The van der Waals surface area contributed by atoms with Crippen LogP contribution < -0.4 is 0 Å². The predicted molar refractivity (Wildman–Crippen MR) is 107 cm³/mol. The van der Waals surface area contributed by atoms with Crippen LogP contribution in [-0.4, -0.2) is 0 Å². The first-order valence-electron chi connectivity index (χ1n) is 9.44. The summed E-state index contributed by atoms with van der Waals surface area (Å²) >= 11 is 0. The quantitative estimate of drug-likeness (QED) is 0.422. The van der Waals surface area contributed by atoms with Crippen LogP contribution in [0.25, 0.3) is 21.9 Å². The monoisotopic (exact) mass is 345 g/mol. The lowest BCUT2D eigenvalue weighted by Gasteiger charge is -2.07. The van der Waals surface area contributed by atoms with Gasteiger partial charge in [-0.2, -0.15) is 5.26 Å². The van der Waals surface area contributed by atoms with Gasteiger partial charge in [0.15, 0.2) is 0 Å². The van der Waals surface area contributed by atoms with Crippen LogP contribution in [0, 0.1) is 17.1 Å². The Labute approximate surface area is 155 Å². The third-order valence-corrected chi connectivity index (χ3v) is 4.90. The summed E-state index contributed by atoms with van der Waals surface area (Å²) in [4.78, 5) is 0. The number of benzene rings is 3. The third kappa shape index (κ3) is 4.29. The highest BCUT2D eigenvalue weighted by atomic mass is 19.1. The van der Waals surface area contributed by atoms with Gasteiger partial charge in [-0.05, 0) is 58.5 Å². The fraction of sp³-hybridized carbons (Fsp3) is 0.292. The highest BCUT2D eigenvalue weighted by Crippen LogP contribution is 2.27. The number of nitrogens with zero attached hydrogens (tertiary/aromatic N) is 1. The van der Waals surface area contributed by atoms with Crippen molar-refractivity contribution in [3.8, 4) is 17.2 Å². The Kier molecular flexibility index (Phi) is 6.02. The van der Waals surface area contributed by atoms with Crippen LogP contribution in [0.5, 0.6) is 0 Å². The van der Waals surface area contributed by atoms with Crippen LogP contribution in [0.15, 0.2) is 54.6 Å². The van der Waals surface area contributed by atoms with Gasteiger partial charge in [-0.15, -0.1) is 0 Å². The van der Waals surface area contributed by atoms with Crippen LogP contribution >= 0.6 is 0 Å². The molecule has 2 heteroatoms. The molecule has 0 aliphatic heterocycles. The minimum atomic E-state index is -0.469. The van der Waals surface area contributed by atoms with Crippen LogP contribution in [0.1, 0.15) is 50.2 Å². The third-order valence-electron chi connectivity index (χ3n) is 4.90. The summed E-state index contributed by atoms with van der Waals surface area (Å²) in [7, 11) is 0. The lowest BCUT2D eigenvalue weighted by atomic mass is 9.97. The SMILES string of the molecule is CCCCCCCc1ccc2cc(-c3ccc(C#N)c(F)c3)ccc2c1. The van der Waals surface area contributed by atoms with Crippen molar-refractivity contribution >= 4 is 10.8 Å². The zero-order valence-electron chi connectivity index (χ0n) is 15.3. The smallest absolute Gasteiger partial charge is 0.141 e. The van der Waals surface area contributed by atoms with Gasteiger partial charge in [0.05, 0.1) is 5.56 Å². The molecule has 0 aliphatic rings. The maximum absolute atomic E-state index is 13.9. The predicted octanol–water partition coefficient (Wildman–Crippen LogP) is 7.03. The maximum atomic E-state index is 13.9. The molecular formula is C24H24FN. The number of aryl methyl sites for hydroxylation is 1. The van der Waals surface area contributed by atoms with E-state index in [1.54, 1.807) is 6.07 Å². The number of rotatable bonds is 7. The summed E-state index contributed by atoms with van der Waals surface area (Å²) in [5, 5.41) is 11.2. The summed E-state index contributed by atoms with van der Waals surface area (Å²) in [5.74, 6) is -0.469. The summed E-state index contributed by atoms with van der Waals surface area (Å²) in [6.07, 6.45) is 7.61. The zero-order valence-corrected chi connectivity index (χ0v) is 15.3. The maximum Gasteiger partial charge on any atom is 0.141 e. The summed E-state index contributed by atoms with van der Waals surface area (Å²) in [6, 6.07) is 19.5. The van der Waals surface area contributed by atoms with Crippen molar-refractivity contribution in [1.29, 1.82) is 5.26 Å². The Morgan fingerprint density at radius 1 is 0.808 bits per heavy atom. The van der Waals surface area contributed by atoms with Gasteiger partial charge in [-0.1, -0.05) is 69.0 Å². The van der Waals surface area contributed by atoms with E-state index >= 15 is 0 Å². The van der Waals surface area contributed by atoms with Gasteiger partial charge < -0.3 is 0 Å². The van der Waals surface area contributed by atoms with Gasteiger partial charge >= 0.3 is 0 Å². The van der Waals surface area contributed by atoms with Crippen LogP contribution in [0.3, 0.4) is 0 Å². The first-order chi connectivity index (χ1) is 12.7. The Balaban J connectivity index is 1.76. The molecule has 0 spiro atoms. The molecule has 132 valence electrons. The van der Waals surface area contributed by atoms with E-state index in [0.29, 0.717) is 0 Å². The van der Waals surface area contributed by atoms with Gasteiger partial charge in [-0.3, -0.25) is 0 Å². The molecule has 0 atom stereocenters. The van der Waals surface area contributed by atoms with E-state index in [-0.39, 0.29) is 5.56 Å². The number of nitriles is 1. The van der Waals surface area contributed by atoms with Gasteiger partial charge in [0.2, 0.25) is 0 Å². The topological polar surface area (TPSA) is 23.8 Å². The van der Waals surface area contributed by atoms with E-state index in [2.05, 4.69) is 37.3 Å². The van der Waals surface area contributed by atoms with E-state index in [1.165, 1.54) is 55.2 Å². The molecule has 1 nitrogen and oxygen atoms in total. The second-order valence-corrected chi connectivity index (χ2v) is 6.87. The normalized spacial score (nSPS) is 10.8. The molecule has 0 saturated heterocycles. The van der Waals surface area contributed by atoms with Crippen molar-refractivity contribution in [2.24, 2.45) is 0 Å². The number of hydrogen-bond donors (Lipinski definition) is 0. The number of halogens is 1. The van der Waals surface area contributed by atoms with Crippen LogP contribution in [0.4, 0.5) is 4.39 Å². The molecule has 3 aromatic carbocycles. The van der Waals surface area contributed by atoms with Crippen molar-refractivity contribution < 1.29 is 4.39 Å². The molecule has 3 aromatic rings. The Hall–Kier alpha value is -2.66. The molecule has 0 fully saturated rings. The van der Waals surface area contributed by atoms with E-state index in [1.807, 2.05) is 12.1 Å². The second kappa shape index (κ2) is 8.63. The average Bonchev–Trinajstić information content (AvgIpc) is 2.67. The zero-order chi connectivity index (χ0) is 18.4. The number of fused-ring (bicyclic) bond motifs is 1. The van der Waals surface area contributed by atoms with Crippen LogP contribution in [0.2, 0.25) is 0 Å². The highest BCUT2D eigenvalue weighted by Gasteiger charge is 2.06. The van der Waals surface area contributed by atoms with Crippen molar-refractivity contribution in [3.05, 3.63) is 71.5 Å². The van der Waals surface area contributed by atoms with Gasteiger partial charge in [0, 0.05) is 0 Å². The minimum Gasteiger partial charge on any atom is -0.206 e. The molecule has 0 N–H and O–H groups in total. The first-order valence-corrected chi connectivity index (χ1v) is 9.44. The minimum absolute atomic E-state index is 0.0816. The van der Waals surface area contributed by atoms with Gasteiger partial charge in [0.25, 0.3) is 0 Å². The lowest BCUT2D eigenvalue weighted by Crippen LogP contribution is -1.88. The van der Waals surface area contributed by atoms with Crippen LogP contribution in [-0.2, 0) is 6.42 Å². The molecule has 3 rings (SSSR count). The molecule has 0 heterocycles. The number of unbranched alkanes of at least 4 members (excludes halogenated alkanes) is 4. The lowest BCUT2D eigenvalue weighted by molar-refractivity contribution is 0.624. The standard InChI is InChI=1S/C24H24FN/c1-2-3-4-5-6-7-18-8-9-20-15-21(11-10-19(20)14-18)22-12-13-23(17-26)24(25)16-22/h8-16H,2-7H2,1H3. The molecule has 0 aromatic heterocycles. The largest absolute Gasteiger partial charge is 0.206 e. The highest BCUT2D eigenvalue weighted by molar-refractivity contribution is 5.88. The Morgan fingerprint density at radius 2 is 1.50 bits per heavy atom. The summed E-state index contributed by atoms with van der Waals surface area (Å²) in [5.41, 5.74) is 3.22. The summed E-state index contributed by atoms with van der Waals surface area (Å²) in [6.45, 7) is 2.24. The Morgan fingerprint density at radius 3 is 2.27 bits per heavy atom. The van der Waals surface area contributed by atoms with E-state index in [9.17, 15) is 4.39 Å². The Bertz CT molecular complexity index is 937. The molecule has 0 radical (unpaired) electrons. The molecule has 0 saturated carbocycles. The number of hydrogen-bond acceptors (Lipinski definition) is 1. The van der Waals surface area contributed by atoms with E-state index in [0.717, 1.165) is 22.9 Å². The van der Waals surface area contributed by atoms with Crippen molar-refractivity contribution in [3.63, 3.8) is 0 Å². The van der Waals surface area contributed by atoms with Crippen molar-refractivity contribution in [2.45, 2.75) is 45.4 Å². The van der Waals surface area contributed by atoms with E-state index < -0.39 is 5.82 Å². The molecule has 26 heavy (non-hydrogen) atoms. The van der Waals surface area contributed by atoms with Crippen molar-refractivity contribution in [2.75, 3.05) is 0 Å². The molecular weight excluding hydrogens is 321 g/mol. The molecule has 0 amide bonds. The summed E-state index contributed by atoms with van der Waals surface area (Å²) < 4.78 is 13.9. The fourth-order valence-electron chi connectivity index (χ4n) is 3.35. The average molecular weight is 345 g/mol. The molecule has 0 aliphatic carbocycles. The van der Waals surface area contributed by atoms with Crippen molar-refractivity contribution in [1.82, 2.24) is 0 Å².